The third-order valence-corrected chi connectivity index (χ3v) is 7.26. The van der Waals surface area contributed by atoms with Crippen LogP contribution in [0.3, 0.4) is 0 Å². The van der Waals surface area contributed by atoms with Crippen LogP contribution in [0, 0.1) is 6.92 Å². The average molecular weight is 477 g/mol. The van der Waals surface area contributed by atoms with Gasteiger partial charge in [0.15, 0.2) is 11.5 Å². The van der Waals surface area contributed by atoms with Gasteiger partial charge < -0.3 is 14.4 Å². The van der Waals surface area contributed by atoms with Crippen LogP contribution in [-0.4, -0.2) is 58.0 Å². The Hall–Kier alpha value is -2.43. The Kier molecular flexibility index (Phi) is 6.55. The predicted molar refractivity (Wildman–Crippen MR) is 129 cm³/mol. The summed E-state index contributed by atoms with van der Waals surface area (Å²) in [6.45, 7) is 3.08. The van der Waals surface area contributed by atoms with Gasteiger partial charge in [0.1, 0.15) is 16.5 Å². The Morgan fingerprint density at radius 3 is 2.69 bits per heavy atom. The highest BCUT2D eigenvalue weighted by atomic mass is 32.2. The average Bonchev–Trinajstić information content (AvgIpc) is 3.20. The standard InChI is InChI=1S/C22H28N4O4S2/c1-14-24-21(26-10-6-5-7-16(26)12-23-32(4,27)28)20-17(13-31-22(20)25-14)15-8-9-18(29-2)19(11-15)30-3/h8-9,11,13,16,23H,5-7,10,12H2,1-4H3. The number of thiophene rings is 1. The van der Waals surface area contributed by atoms with E-state index in [1.54, 1.807) is 25.6 Å². The molecule has 1 unspecified atom stereocenters. The smallest absolute Gasteiger partial charge is 0.208 e. The monoisotopic (exact) mass is 476 g/mol. The van der Waals surface area contributed by atoms with Crippen molar-refractivity contribution in [1.29, 1.82) is 0 Å². The molecule has 32 heavy (non-hydrogen) atoms. The zero-order valence-corrected chi connectivity index (χ0v) is 20.3. The first-order valence-corrected chi connectivity index (χ1v) is 13.3. The van der Waals surface area contributed by atoms with Crippen molar-refractivity contribution in [1.82, 2.24) is 14.7 Å². The highest BCUT2D eigenvalue weighted by Crippen LogP contribution is 2.42. The lowest BCUT2D eigenvalue weighted by atomic mass is 10.0. The topological polar surface area (TPSA) is 93.7 Å². The summed E-state index contributed by atoms with van der Waals surface area (Å²) in [5.74, 6) is 2.89. The summed E-state index contributed by atoms with van der Waals surface area (Å²) >= 11 is 1.58. The van der Waals surface area contributed by atoms with Crippen LogP contribution in [-0.2, 0) is 10.0 Å². The fraction of sp³-hybridized carbons (Fsp3) is 0.455. The van der Waals surface area contributed by atoms with Crippen LogP contribution in [0.15, 0.2) is 23.6 Å². The normalized spacial score (nSPS) is 17.0. The van der Waals surface area contributed by atoms with E-state index in [9.17, 15) is 8.42 Å². The molecular weight excluding hydrogens is 448 g/mol. The number of benzene rings is 1. The first kappa shape index (κ1) is 22.8. The summed E-state index contributed by atoms with van der Waals surface area (Å²) in [5, 5.41) is 3.08. The second-order valence-corrected chi connectivity index (χ2v) is 10.6. The maximum atomic E-state index is 11.7. The van der Waals surface area contributed by atoms with Gasteiger partial charge in [-0.3, -0.25) is 0 Å². The summed E-state index contributed by atoms with van der Waals surface area (Å²) in [5.41, 5.74) is 2.02. The van der Waals surface area contributed by atoms with Gasteiger partial charge in [-0.1, -0.05) is 6.07 Å². The number of aromatic nitrogens is 2. The predicted octanol–water partition coefficient (Wildman–Crippen LogP) is 3.59. The Morgan fingerprint density at radius 2 is 1.97 bits per heavy atom. The molecule has 8 nitrogen and oxygen atoms in total. The number of piperidine rings is 1. The van der Waals surface area contributed by atoms with E-state index in [1.165, 1.54) is 6.26 Å². The maximum Gasteiger partial charge on any atom is 0.208 e. The van der Waals surface area contributed by atoms with Crippen molar-refractivity contribution in [3.63, 3.8) is 0 Å². The van der Waals surface area contributed by atoms with Gasteiger partial charge in [0.05, 0.1) is 25.9 Å². The van der Waals surface area contributed by atoms with Gasteiger partial charge in [0.25, 0.3) is 0 Å². The zero-order valence-electron chi connectivity index (χ0n) is 18.7. The van der Waals surface area contributed by atoms with E-state index in [2.05, 4.69) is 20.0 Å². The van der Waals surface area contributed by atoms with Crippen LogP contribution in [0.5, 0.6) is 11.5 Å². The Balaban J connectivity index is 1.82. The lowest BCUT2D eigenvalue weighted by Gasteiger charge is -2.37. The second-order valence-electron chi connectivity index (χ2n) is 7.96. The quantitative estimate of drug-likeness (QED) is 0.557. The lowest BCUT2D eigenvalue weighted by molar-refractivity contribution is 0.355. The molecule has 3 heterocycles. The molecular formula is C22H28N4O4S2. The molecule has 0 spiro atoms. The van der Waals surface area contributed by atoms with Gasteiger partial charge in [-0.25, -0.2) is 23.1 Å². The lowest BCUT2D eigenvalue weighted by Crippen LogP contribution is -2.47. The molecule has 1 aliphatic heterocycles. The fourth-order valence-electron chi connectivity index (χ4n) is 4.19. The van der Waals surface area contributed by atoms with Gasteiger partial charge >= 0.3 is 0 Å². The van der Waals surface area contributed by atoms with E-state index in [0.717, 1.165) is 53.0 Å². The SMILES string of the molecule is COc1ccc(-c2csc3nc(C)nc(N4CCCCC4CNS(C)(=O)=O)c23)cc1OC. The maximum absolute atomic E-state index is 11.7. The summed E-state index contributed by atoms with van der Waals surface area (Å²) in [6, 6.07) is 5.90. The van der Waals surface area contributed by atoms with Crippen LogP contribution in [0.1, 0.15) is 25.1 Å². The Bertz CT molecular complexity index is 1230. The molecule has 1 saturated heterocycles. The third kappa shape index (κ3) is 4.67. The molecule has 0 bridgehead atoms. The van der Waals surface area contributed by atoms with Gasteiger partial charge in [0.2, 0.25) is 10.0 Å². The van der Waals surface area contributed by atoms with Crippen LogP contribution in [0.25, 0.3) is 21.3 Å². The van der Waals surface area contributed by atoms with E-state index >= 15 is 0 Å². The number of hydrogen-bond acceptors (Lipinski definition) is 8. The minimum absolute atomic E-state index is 0.0362. The third-order valence-electron chi connectivity index (χ3n) is 5.70. The summed E-state index contributed by atoms with van der Waals surface area (Å²) < 4.78 is 37.0. The van der Waals surface area contributed by atoms with Crippen LogP contribution < -0.4 is 19.1 Å². The molecule has 172 valence electrons. The van der Waals surface area contributed by atoms with Gasteiger partial charge in [-0.15, -0.1) is 11.3 Å². The van der Waals surface area contributed by atoms with Gasteiger partial charge in [0, 0.05) is 30.1 Å². The van der Waals surface area contributed by atoms with E-state index in [0.29, 0.717) is 23.9 Å². The fourth-order valence-corrected chi connectivity index (χ4v) is 5.67. The highest BCUT2D eigenvalue weighted by Gasteiger charge is 2.28. The van der Waals surface area contributed by atoms with Crippen molar-refractivity contribution in [2.75, 3.05) is 38.5 Å². The number of ether oxygens (including phenoxy) is 2. The minimum Gasteiger partial charge on any atom is -0.493 e. The van der Waals surface area contributed by atoms with E-state index in [-0.39, 0.29) is 6.04 Å². The Morgan fingerprint density at radius 1 is 1.19 bits per heavy atom. The van der Waals surface area contributed by atoms with Crippen LogP contribution >= 0.6 is 11.3 Å². The molecule has 10 heteroatoms. The summed E-state index contributed by atoms with van der Waals surface area (Å²) in [6.07, 6.45) is 4.20. The number of anilines is 1. The number of fused-ring (bicyclic) bond motifs is 1. The van der Waals surface area contributed by atoms with E-state index < -0.39 is 10.0 Å². The molecule has 0 radical (unpaired) electrons. The molecule has 1 N–H and O–H groups in total. The van der Waals surface area contributed by atoms with E-state index in [4.69, 9.17) is 14.5 Å². The molecule has 4 rings (SSSR count). The number of sulfonamides is 1. The van der Waals surface area contributed by atoms with Crippen molar-refractivity contribution in [3.8, 4) is 22.6 Å². The molecule has 3 aromatic rings. The highest BCUT2D eigenvalue weighted by molar-refractivity contribution is 7.88. The van der Waals surface area contributed by atoms with Crippen molar-refractivity contribution in [2.45, 2.75) is 32.2 Å². The molecule has 0 aliphatic carbocycles. The van der Waals surface area contributed by atoms with Crippen molar-refractivity contribution >= 4 is 37.4 Å². The molecule has 1 aliphatic rings. The molecule has 0 amide bonds. The number of nitrogens with one attached hydrogen (secondary N) is 1. The number of nitrogens with zero attached hydrogens (tertiary/aromatic N) is 3. The molecule has 0 saturated carbocycles. The van der Waals surface area contributed by atoms with Crippen molar-refractivity contribution < 1.29 is 17.9 Å². The first-order valence-electron chi connectivity index (χ1n) is 10.5. The minimum atomic E-state index is -3.27. The van der Waals surface area contributed by atoms with Crippen LogP contribution in [0.4, 0.5) is 5.82 Å². The van der Waals surface area contributed by atoms with Crippen LogP contribution in [0.2, 0.25) is 0 Å². The van der Waals surface area contributed by atoms with E-state index in [1.807, 2.05) is 25.1 Å². The molecule has 1 fully saturated rings. The summed E-state index contributed by atoms with van der Waals surface area (Å²) in [7, 11) is -0.0258. The molecule has 2 aromatic heterocycles. The zero-order chi connectivity index (χ0) is 22.9. The van der Waals surface area contributed by atoms with Crippen molar-refractivity contribution in [2.24, 2.45) is 0 Å². The van der Waals surface area contributed by atoms with Crippen molar-refractivity contribution in [3.05, 3.63) is 29.4 Å². The van der Waals surface area contributed by atoms with Gasteiger partial charge in [-0.05, 0) is 43.9 Å². The Labute approximate surface area is 192 Å². The summed E-state index contributed by atoms with van der Waals surface area (Å²) in [4.78, 5) is 12.7. The number of methoxy groups -OCH3 is 2. The second kappa shape index (κ2) is 9.21. The largest absolute Gasteiger partial charge is 0.493 e. The number of rotatable bonds is 7. The van der Waals surface area contributed by atoms with Gasteiger partial charge in [-0.2, -0.15) is 0 Å². The molecule has 1 aromatic carbocycles. The number of hydrogen-bond donors (Lipinski definition) is 1. The molecule has 1 atom stereocenters. The number of aryl methyl sites for hydroxylation is 1. The first-order chi connectivity index (χ1) is 15.3.